The highest BCUT2D eigenvalue weighted by Gasteiger charge is 2.10. The zero-order chi connectivity index (χ0) is 9.68. The lowest BCUT2D eigenvalue weighted by Crippen LogP contribution is -2.04. The van der Waals surface area contributed by atoms with Crippen LogP contribution in [0.15, 0.2) is 21.2 Å². The molecule has 0 aromatic carbocycles. The molecule has 72 valence electrons. The fourth-order valence-electron chi connectivity index (χ4n) is 0.804. The van der Waals surface area contributed by atoms with Crippen LogP contribution in [0.25, 0.3) is 0 Å². The molecule has 13 heavy (non-hydrogen) atoms. The standard InChI is InChI=1S/C9H11BrO3/c1-2-3-6-12-9(11)7-4-5-8(10)13-7/h4-5H,2-3,6H2,1H3. The Morgan fingerprint density at radius 3 is 2.92 bits per heavy atom. The molecule has 4 heteroatoms. The zero-order valence-electron chi connectivity index (χ0n) is 7.38. The van der Waals surface area contributed by atoms with Crippen LogP contribution >= 0.6 is 15.9 Å². The SMILES string of the molecule is CCCCOC(=O)c1ccc(Br)o1. The van der Waals surface area contributed by atoms with Gasteiger partial charge in [0.05, 0.1) is 6.61 Å². The van der Waals surface area contributed by atoms with Crippen LogP contribution in [0, 0.1) is 0 Å². The summed E-state index contributed by atoms with van der Waals surface area (Å²) in [5.74, 6) is -0.165. The van der Waals surface area contributed by atoms with Crippen LogP contribution in [0.1, 0.15) is 30.3 Å². The van der Waals surface area contributed by atoms with E-state index in [0.29, 0.717) is 11.3 Å². The van der Waals surface area contributed by atoms with Gasteiger partial charge in [-0.3, -0.25) is 0 Å². The molecule has 0 atom stereocenters. The van der Waals surface area contributed by atoms with E-state index in [4.69, 9.17) is 9.15 Å². The first kappa shape index (κ1) is 10.3. The molecule has 0 saturated carbocycles. The summed E-state index contributed by atoms with van der Waals surface area (Å²) < 4.78 is 10.5. The highest BCUT2D eigenvalue weighted by atomic mass is 79.9. The number of esters is 1. The monoisotopic (exact) mass is 246 g/mol. The summed E-state index contributed by atoms with van der Waals surface area (Å²) >= 11 is 3.11. The average molecular weight is 247 g/mol. The summed E-state index contributed by atoms with van der Waals surface area (Å²) in [5.41, 5.74) is 0. The summed E-state index contributed by atoms with van der Waals surface area (Å²) in [6, 6.07) is 3.24. The van der Waals surface area contributed by atoms with Gasteiger partial charge in [-0.15, -0.1) is 0 Å². The number of ether oxygens (including phenoxy) is 1. The third-order valence-corrected chi connectivity index (χ3v) is 1.93. The zero-order valence-corrected chi connectivity index (χ0v) is 8.96. The lowest BCUT2D eigenvalue weighted by Gasteiger charge is -1.99. The molecule has 3 nitrogen and oxygen atoms in total. The van der Waals surface area contributed by atoms with Crippen molar-refractivity contribution in [1.82, 2.24) is 0 Å². The Kier molecular flexibility index (Phi) is 4.02. The van der Waals surface area contributed by atoms with Crippen molar-refractivity contribution < 1.29 is 13.9 Å². The van der Waals surface area contributed by atoms with Crippen molar-refractivity contribution in [2.75, 3.05) is 6.61 Å². The van der Waals surface area contributed by atoms with Gasteiger partial charge in [-0.2, -0.15) is 0 Å². The maximum absolute atomic E-state index is 11.2. The van der Waals surface area contributed by atoms with E-state index >= 15 is 0 Å². The van der Waals surface area contributed by atoms with Gasteiger partial charge in [0.15, 0.2) is 4.67 Å². The number of carbonyl (C=O) groups is 1. The summed E-state index contributed by atoms with van der Waals surface area (Å²) in [6.45, 7) is 2.49. The first-order valence-corrected chi connectivity index (χ1v) is 4.95. The second-order valence-corrected chi connectivity index (χ2v) is 3.37. The van der Waals surface area contributed by atoms with Gasteiger partial charge in [0.2, 0.25) is 5.76 Å². The second-order valence-electron chi connectivity index (χ2n) is 2.59. The van der Waals surface area contributed by atoms with E-state index in [1.54, 1.807) is 12.1 Å². The number of unbranched alkanes of at least 4 members (excludes halogenated alkanes) is 1. The number of rotatable bonds is 4. The Bertz CT molecular complexity index is 280. The summed E-state index contributed by atoms with van der Waals surface area (Å²) in [7, 11) is 0. The van der Waals surface area contributed by atoms with Crippen LogP contribution in [-0.2, 0) is 4.74 Å². The molecular weight excluding hydrogens is 236 g/mol. The van der Waals surface area contributed by atoms with E-state index in [2.05, 4.69) is 15.9 Å². The van der Waals surface area contributed by atoms with Crippen LogP contribution in [-0.4, -0.2) is 12.6 Å². The molecular formula is C9H11BrO3. The quantitative estimate of drug-likeness (QED) is 0.606. The fraction of sp³-hybridized carbons (Fsp3) is 0.444. The Labute approximate surface area is 85.2 Å². The lowest BCUT2D eigenvalue weighted by atomic mass is 10.4. The number of hydrogen-bond acceptors (Lipinski definition) is 3. The minimum Gasteiger partial charge on any atom is -0.460 e. The largest absolute Gasteiger partial charge is 0.460 e. The van der Waals surface area contributed by atoms with Crippen LogP contribution in [0.4, 0.5) is 0 Å². The fourth-order valence-corrected chi connectivity index (χ4v) is 1.11. The lowest BCUT2D eigenvalue weighted by molar-refractivity contribution is 0.0462. The van der Waals surface area contributed by atoms with E-state index in [-0.39, 0.29) is 5.76 Å². The molecule has 0 bridgehead atoms. The Hall–Kier alpha value is -0.770. The molecule has 1 aromatic heterocycles. The van der Waals surface area contributed by atoms with Gasteiger partial charge in [0.1, 0.15) is 0 Å². The molecule has 0 amide bonds. The summed E-state index contributed by atoms with van der Waals surface area (Å²) in [6.07, 6.45) is 1.89. The molecule has 0 N–H and O–H groups in total. The maximum atomic E-state index is 11.2. The molecule has 1 rings (SSSR count). The van der Waals surface area contributed by atoms with E-state index in [1.165, 1.54) is 0 Å². The van der Waals surface area contributed by atoms with Gasteiger partial charge in [-0.25, -0.2) is 4.79 Å². The molecule has 1 aromatic rings. The van der Waals surface area contributed by atoms with E-state index in [9.17, 15) is 4.79 Å². The van der Waals surface area contributed by atoms with Crippen LogP contribution in [0.2, 0.25) is 0 Å². The minimum absolute atomic E-state index is 0.239. The smallest absolute Gasteiger partial charge is 0.374 e. The normalized spacial score (nSPS) is 10.0. The number of hydrogen-bond donors (Lipinski definition) is 0. The number of furan rings is 1. The highest BCUT2D eigenvalue weighted by molar-refractivity contribution is 9.10. The molecule has 0 aliphatic carbocycles. The molecule has 0 aliphatic heterocycles. The van der Waals surface area contributed by atoms with Crippen molar-refractivity contribution >= 4 is 21.9 Å². The van der Waals surface area contributed by atoms with E-state index < -0.39 is 5.97 Å². The molecule has 0 saturated heterocycles. The maximum Gasteiger partial charge on any atom is 0.374 e. The minimum atomic E-state index is -0.404. The highest BCUT2D eigenvalue weighted by Crippen LogP contribution is 2.14. The van der Waals surface area contributed by atoms with Crippen LogP contribution < -0.4 is 0 Å². The predicted molar refractivity (Wildman–Crippen MR) is 51.6 cm³/mol. The molecule has 0 fully saturated rings. The van der Waals surface area contributed by atoms with Crippen molar-refractivity contribution in [3.05, 3.63) is 22.6 Å². The van der Waals surface area contributed by atoms with Crippen LogP contribution in [0.5, 0.6) is 0 Å². The van der Waals surface area contributed by atoms with Crippen molar-refractivity contribution in [2.24, 2.45) is 0 Å². The predicted octanol–water partition coefficient (Wildman–Crippen LogP) is 3.00. The summed E-state index contributed by atoms with van der Waals surface area (Å²) in [4.78, 5) is 11.2. The second kappa shape index (κ2) is 5.07. The molecule has 1 heterocycles. The topological polar surface area (TPSA) is 39.4 Å². The first-order valence-electron chi connectivity index (χ1n) is 4.16. The van der Waals surface area contributed by atoms with Gasteiger partial charge < -0.3 is 9.15 Å². The average Bonchev–Trinajstić information content (AvgIpc) is 2.52. The number of halogens is 1. The van der Waals surface area contributed by atoms with Crippen molar-refractivity contribution in [3.8, 4) is 0 Å². The van der Waals surface area contributed by atoms with Crippen molar-refractivity contribution in [2.45, 2.75) is 19.8 Å². The first-order chi connectivity index (χ1) is 6.24. The third kappa shape index (κ3) is 3.22. The van der Waals surface area contributed by atoms with E-state index in [0.717, 1.165) is 12.8 Å². The Morgan fingerprint density at radius 2 is 2.38 bits per heavy atom. The van der Waals surface area contributed by atoms with Crippen molar-refractivity contribution in [3.63, 3.8) is 0 Å². The van der Waals surface area contributed by atoms with Crippen molar-refractivity contribution in [1.29, 1.82) is 0 Å². The molecule has 0 spiro atoms. The third-order valence-electron chi connectivity index (χ3n) is 1.51. The van der Waals surface area contributed by atoms with Gasteiger partial charge in [-0.05, 0) is 34.5 Å². The summed E-state index contributed by atoms with van der Waals surface area (Å²) in [5, 5.41) is 0. The van der Waals surface area contributed by atoms with Gasteiger partial charge in [0, 0.05) is 0 Å². The number of carbonyl (C=O) groups excluding carboxylic acids is 1. The van der Waals surface area contributed by atoms with Crippen LogP contribution in [0.3, 0.4) is 0 Å². The molecule has 0 aliphatic rings. The van der Waals surface area contributed by atoms with E-state index in [1.807, 2.05) is 6.92 Å². The Morgan fingerprint density at radius 1 is 1.62 bits per heavy atom. The van der Waals surface area contributed by atoms with Gasteiger partial charge in [0.25, 0.3) is 0 Å². The van der Waals surface area contributed by atoms with Gasteiger partial charge >= 0.3 is 5.97 Å². The Balaban J connectivity index is 2.40. The van der Waals surface area contributed by atoms with Gasteiger partial charge in [-0.1, -0.05) is 13.3 Å². The molecule has 0 radical (unpaired) electrons. The molecule has 0 unspecified atom stereocenters.